The van der Waals surface area contributed by atoms with Crippen LogP contribution < -0.4 is 10.6 Å². The molecule has 1 aromatic heterocycles. The average Bonchev–Trinajstić information content (AvgIpc) is 2.34. The molecule has 0 aliphatic rings. The first kappa shape index (κ1) is 13.1. The average molecular weight is 223 g/mol. The standard InChI is InChI=1S/C12H21N3O/c1-16-10-9-13-5-2-6-15-11-12-3-7-14-8-4-12/h3-4,7-8,13,15H,2,5-6,9-11H2,1H3. The summed E-state index contributed by atoms with van der Waals surface area (Å²) in [6.07, 6.45) is 4.78. The first-order valence-corrected chi connectivity index (χ1v) is 5.73. The lowest BCUT2D eigenvalue weighted by Gasteiger charge is -2.05. The van der Waals surface area contributed by atoms with Gasteiger partial charge in [-0.2, -0.15) is 0 Å². The Hall–Kier alpha value is -0.970. The number of methoxy groups -OCH3 is 1. The molecule has 0 bridgehead atoms. The molecule has 1 heterocycles. The van der Waals surface area contributed by atoms with Gasteiger partial charge in [-0.1, -0.05) is 0 Å². The van der Waals surface area contributed by atoms with Gasteiger partial charge in [0.15, 0.2) is 0 Å². The van der Waals surface area contributed by atoms with E-state index in [1.54, 1.807) is 7.11 Å². The van der Waals surface area contributed by atoms with Crippen molar-refractivity contribution in [2.24, 2.45) is 0 Å². The van der Waals surface area contributed by atoms with Gasteiger partial charge in [0.1, 0.15) is 0 Å². The highest BCUT2D eigenvalue weighted by Gasteiger charge is 1.91. The molecular weight excluding hydrogens is 202 g/mol. The van der Waals surface area contributed by atoms with Gasteiger partial charge in [-0.05, 0) is 37.2 Å². The zero-order valence-electron chi connectivity index (χ0n) is 9.91. The van der Waals surface area contributed by atoms with Crippen LogP contribution in [0.25, 0.3) is 0 Å². The first-order chi connectivity index (χ1) is 7.93. The Morgan fingerprint density at radius 1 is 1.12 bits per heavy atom. The van der Waals surface area contributed by atoms with Crippen LogP contribution in [0.3, 0.4) is 0 Å². The molecule has 0 unspecified atom stereocenters. The van der Waals surface area contributed by atoms with E-state index in [1.807, 2.05) is 24.5 Å². The smallest absolute Gasteiger partial charge is 0.0587 e. The van der Waals surface area contributed by atoms with Gasteiger partial charge < -0.3 is 15.4 Å². The second-order valence-corrected chi connectivity index (χ2v) is 3.63. The first-order valence-electron chi connectivity index (χ1n) is 5.73. The molecule has 0 fully saturated rings. The zero-order chi connectivity index (χ0) is 11.5. The van der Waals surface area contributed by atoms with Gasteiger partial charge in [-0.3, -0.25) is 4.98 Å². The van der Waals surface area contributed by atoms with Crippen molar-refractivity contribution in [3.8, 4) is 0 Å². The summed E-state index contributed by atoms with van der Waals surface area (Å²) >= 11 is 0. The lowest BCUT2D eigenvalue weighted by atomic mass is 10.2. The molecule has 0 aliphatic heterocycles. The molecule has 0 spiro atoms. The third-order valence-corrected chi connectivity index (χ3v) is 2.27. The fourth-order valence-corrected chi connectivity index (χ4v) is 1.37. The van der Waals surface area contributed by atoms with Crippen LogP contribution in [-0.2, 0) is 11.3 Å². The Labute approximate surface area is 97.4 Å². The van der Waals surface area contributed by atoms with E-state index in [-0.39, 0.29) is 0 Å². The molecule has 4 nitrogen and oxygen atoms in total. The van der Waals surface area contributed by atoms with E-state index < -0.39 is 0 Å². The molecule has 4 heteroatoms. The summed E-state index contributed by atoms with van der Waals surface area (Å²) < 4.78 is 4.94. The SMILES string of the molecule is COCCNCCCNCc1ccncc1. The van der Waals surface area contributed by atoms with Gasteiger partial charge in [0, 0.05) is 32.6 Å². The monoisotopic (exact) mass is 223 g/mol. The Balaban J connectivity index is 1.89. The van der Waals surface area contributed by atoms with Crippen molar-refractivity contribution in [2.45, 2.75) is 13.0 Å². The molecule has 0 saturated heterocycles. The Bertz CT molecular complexity index is 254. The Morgan fingerprint density at radius 3 is 2.62 bits per heavy atom. The second kappa shape index (κ2) is 9.27. The highest BCUT2D eigenvalue weighted by atomic mass is 16.5. The summed E-state index contributed by atoms with van der Waals surface area (Å²) in [5.74, 6) is 0. The van der Waals surface area contributed by atoms with E-state index in [4.69, 9.17) is 4.74 Å². The number of pyridine rings is 1. The zero-order valence-corrected chi connectivity index (χ0v) is 9.91. The Morgan fingerprint density at radius 2 is 1.88 bits per heavy atom. The molecule has 16 heavy (non-hydrogen) atoms. The van der Waals surface area contributed by atoms with Crippen molar-refractivity contribution >= 4 is 0 Å². The lowest BCUT2D eigenvalue weighted by molar-refractivity contribution is 0.199. The van der Waals surface area contributed by atoms with E-state index in [0.29, 0.717) is 0 Å². The van der Waals surface area contributed by atoms with Crippen molar-refractivity contribution < 1.29 is 4.74 Å². The van der Waals surface area contributed by atoms with Gasteiger partial charge in [-0.25, -0.2) is 0 Å². The van der Waals surface area contributed by atoms with E-state index in [0.717, 1.165) is 39.2 Å². The van der Waals surface area contributed by atoms with E-state index in [9.17, 15) is 0 Å². The number of hydrogen-bond donors (Lipinski definition) is 2. The summed E-state index contributed by atoms with van der Waals surface area (Å²) in [5, 5.41) is 6.70. The predicted molar refractivity (Wildman–Crippen MR) is 65.3 cm³/mol. The molecule has 0 saturated carbocycles. The lowest BCUT2D eigenvalue weighted by Crippen LogP contribution is -2.24. The van der Waals surface area contributed by atoms with Gasteiger partial charge in [-0.15, -0.1) is 0 Å². The fraction of sp³-hybridized carbons (Fsp3) is 0.583. The van der Waals surface area contributed by atoms with Crippen LogP contribution in [0.5, 0.6) is 0 Å². The minimum Gasteiger partial charge on any atom is -0.383 e. The molecule has 0 radical (unpaired) electrons. The normalized spacial score (nSPS) is 10.6. The summed E-state index contributed by atoms with van der Waals surface area (Å²) in [5.41, 5.74) is 1.28. The molecule has 0 amide bonds. The summed E-state index contributed by atoms with van der Waals surface area (Å²) in [7, 11) is 1.72. The number of nitrogens with one attached hydrogen (secondary N) is 2. The molecule has 0 atom stereocenters. The van der Waals surface area contributed by atoms with E-state index >= 15 is 0 Å². The highest BCUT2D eigenvalue weighted by Crippen LogP contribution is 1.94. The van der Waals surface area contributed by atoms with Crippen LogP contribution >= 0.6 is 0 Å². The van der Waals surface area contributed by atoms with Crippen molar-refractivity contribution in [1.82, 2.24) is 15.6 Å². The third kappa shape index (κ3) is 6.50. The van der Waals surface area contributed by atoms with Gasteiger partial charge in [0.2, 0.25) is 0 Å². The molecule has 0 aliphatic carbocycles. The number of rotatable bonds is 9. The minimum absolute atomic E-state index is 0.782. The number of hydrogen-bond acceptors (Lipinski definition) is 4. The molecule has 2 N–H and O–H groups in total. The minimum atomic E-state index is 0.782. The maximum absolute atomic E-state index is 4.94. The van der Waals surface area contributed by atoms with Crippen molar-refractivity contribution in [1.29, 1.82) is 0 Å². The number of aromatic nitrogens is 1. The molecule has 0 aromatic carbocycles. The van der Waals surface area contributed by atoms with E-state index in [1.165, 1.54) is 5.56 Å². The van der Waals surface area contributed by atoms with Gasteiger partial charge in [0.05, 0.1) is 6.61 Å². The van der Waals surface area contributed by atoms with Crippen molar-refractivity contribution in [3.63, 3.8) is 0 Å². The van der Waals surface area contributed by atoms with Crippen molar-refractivity contribution in [3.05, 3.63) is 30.1 Å². The predicted octanol–water partition coefficient (Wildman–Crippen LogP) is 0.797. The van der Waals surface area contributed by atoms with E-state index in [2.05, 4.69) is 15.6 Å². The number of ether oxygens (including phenoxy) is 1. The van der Waals surface area contributed by atoms with Crippen LogP contribution in [0.2, 0.25) is 0 Å². The van der Waals surface area contributed by atoms with Crippen LogP contribution in [-0.4, -0.2) is 38.3 Å². The third-order valence-electron chi connectivity index (χ3n) is 2.27. The van der Waals surface area contributed by atoms with Gasteiger partial charge in [0.25, 0.3) is 0 Å². The van der Waals surface area contributed by atoms with Gasteiger partial charge >= 0.3 is 0 Å². The highest BCUT2D eigenvalue weighted by molar-refractivity contribution is 5.08. The summed E-state index contributed by atoms with van der Waals surface area (Å²) in [6, 6.07) is 4.06. The van der Waals surface area contributed by atoms with Crippen LogP contribution in [0.4, 0.5) is 0 Å². The van der Waals surface area contributed by atoms with Crippen LogP contribution in [0.15, 0.2) is 24.5 Å². The van der Waals surface area contributed by atoms with Crippen molar-refractivity contribution in [2.75, 3.05) is 33.4 Å². The molecule has 90 valence electrons. The largest absolute Gasteiger partial charge is 0.383 e. The summed E-state index contributed by atoms with van der Waals surface area (Å²) in [4.78, 5) is 3.98. The maximum Gasteiger partial charge on any atom is 0.0587 e. The fourth-order valence-electron chi connectivity index (χ4n) is 1.37. The van der Waals surface area contributed by atoms with Crippen LogP contribution in [0.1, 0.15) is 12.0 Å². The maximum atomic E-state index is 4.94. The molecule has 1 aromatic rings. The summed E-state index contributed by atoms with van der Waals surface area (Å²) in [6.45, 7) is 4.70. The quantitative estimate of drug-likeness (QED) is 0.608. The number of nitrogens with zero attached hydrogens (tertiary/aromatic N) is 1. The topological polar surface area (TPSA) is 46.2 Å². The second-order valence-electron chi connectivity index (χ2n) is 3.63. The van der Waals surface area contributed by atoms with Crippen LogP contribution in [0, 0.1) is 0 Å². The molecule has 1 rings (SSSR count). The Kier molecular flexibility index (Phi) is 7.59. The molecular formula is C12H21N3O.